The third-order valence-corrected chi connectivity index (χ3v) is 3.43. The van der Waals surface area contributed by atoms with Gasteiger partial charge in [0, 0.05) is 25.2 Å². The van der Waals surface area contributed by atoms with Crippen molar-refractivity contribution in [2.45, 2.75) is 38.8 Å². The van der Waals surface area contributed by atoms with Crippen LogP contribution in [0.15, 0.2) is 0 Å². The van der Waals surface area contributed by atoms with Crippen LogP contribution in [-0.4, -0.2) is 37.1 Å². The molecule has 2 atom stereocenters. The van der Waals surface area contributed by atoms with Crippen molar-refractivity contribution in [2.75, 3.05) is 20.1 Å². The normalized spacial score (nSPS) is 42.2. The molecule has 1 N–H and O–H groups in total. The van der Waals surface area contributed by atoms with Crippen LogP contribution in [0.5, 0.6) is 0 Å². The van der Waals surface area contributed by atoms with Gasteiger partial charge in [-0.05, 0) is 31.7 Å². The molecule has 1 saturated carbocycles. The molecule has 76 valence electrons. The Morgan fingerprint density at radius 3 is 2.08 bits per heavy atom. The van der Waals surface area contributed by atoms with E-state index >= 15 is 0 Å². The van der Waals surface area contributed by atoms with E-state index in [1.165, 1.54) is 25.9 Å². The van der Waals surface area contributed by atoms with Crippen molar-refractivity contribution in [3.8, 4) is 0 Å². The molecule has 0 amide bonds. The average Bonchev–Trinajstić information content (AvgIpc) is 2.79. The first-order valence-electron chi connectivity index (χ1n) is 5.61. The highest BCUT2D eigenvalue weighted by atomic mass is 15.1. The van der Waals surface area contributed by atoms with Crippen LogP contribution in [0.1, 0.15) is 26.7 Å². The molecular weight excluding hydrogens is 160 g/mol. The van der Waals surface area contributed by atoms with Crippen molar-refractivity contribution in [1.29, 1.82) is 0 Å². The molecule has 2 rings (SSSR count). The largest absolute Gasteiger partial charge is 0.311 e. The number of hydrogen-bond acceptors (Lipinski definition) is 2. The second-order valence-corrected chi connectivity index (χ2v) is 5.14. The third-order valence-electron chi connectivity index (χ3n) is 3.43. The van der Waals surface area contributed by atoms with Crippen LogP contribution in [0.25, 0.3) is 0 Å². The van der Waals surface area contributed by atoms with Crippen molar-refractivity contribution >= 4 is 0 Å². The lowest BCUT2D eigenvalue weighted by Crippen LogP contribution is -2.52. The average molecular weight is 182 g/mol. The summed E-state index contributed by atoms with van der Waals surface area (Å²) in [4.78, 5) is 2.46. The quantitative estimate of drug-likeness (QED) is 0.693. The van der Waals surface area contributed by atoms with Crippen LogP contribution in [0, 0.1) is 11.8 Å². The van der Waals surface area contributed by atoms with Crippen LogP contribution in [-0.2, 0) is 0 Å². The van der Waals surface area contributed by atoms with E-state index in [4.69, 9.17) is 0 Å². The van der Waals surface area contributed by atoms with E-state index < -0.39 is 0 Å². The minimum absolute atomic E-state index is 0.767. The molecule has 2 unspecified atom stereocenters. The molecular formula is C11H22N2. The van der Waals surface area contributed by atoms with Crippen molar-refractivity contribution < 1.29 is 0 Å². The Hall–Kier alpha value is -0.0800. The molecule has 0 spiro atoms. The number of nitrogens with one attached hydrogen (secondary N) is 1. The van der Waals surface area contributed by atoms with E-state index in [9.17, 15) is 0 Å². The monoisotopic (exact) mass is 182 g/mol. The summed E-state index contributed by atoms with van der Waals surface area (Å²) in [5, 5.41) is 3.79. The second-order valence-electron chi connectivity index (χ2n) is 5.14. The molecule has 1 aliphatic heterocycles. The molecule has 1 heterocycles. The molecule has 13 heavy (non-hydrogen) atoms. The lowest BCUT2D eigenvalue weighted by molar-refractivity contribution is 0.121. The molecule has 0 aromatic rings. The van der Waals surface area contributed by atoms with E-state index in [1.807, 2.05) is 0 Å². The second kappa shape index (κ2) is 3.58. The van der Waals surface area contributed by atoms with Crippen molar-refractivity contribution in [2.24, 2.45) is 11.8 Å². The summed E-state index contributed by atoms with van der Waals surface area (Å²) in [5.74, 6) is 1.63. The fraction of sp³-hybridized carbons (Fsp3) is 1.00. The Morgan fingerprint density at radius 1 is 1.08 bits per heavy atom. The Kier molecular flexibility index (Phi) is 2.61. The molecule has 2 aliphatic rings. The lowest BCUT2D eigenvalue weighted by Gasteiger charge is -2.40. The van der Waals surface area contributed by atoms with Gasteiger partial charge in [-0.3, -0.25) is 0 Å². The van der Waals surface area contributed by atoms with Crippen LogP contribution in [0.2, 0.25) is 0 Å². The van der Waals surface area contributed by atoms with Gasteiger partial charge in [0.25, 0.3) is 0 Å². The molecule has 1 aliphatic carbocycles. The molecule has 1 saturated heterocycles. The maximum atomic E-state index is 3.79. The summed E-state index contributed by atoms with van der Waals surface area (Å²) in [6.07, 6.45) is 2.82. The predicted octanol–water partition coefficient (Wildman–Crippen LogP) is 1.32. The van der Waals surface area contributed by atoms with Crippen molar-refractivity contribution in [3.63, 3.8) is 0 Å². The number of rotatable bonds is 2. The molecule has 0 radical (unpaired) electrons. The molecule has 0 aromatic heterocycles. The summed E-state index contributed by atoms with van der Waals surface area (Å²) in [6, 6.07) is 1.63. The zero-order valence-electron chi connectivity index (χ0n) is 9.09. The molecule has 0 aromatic carbocycles. The van der Waals surface area contributed by atoms with Gasteiger partial charge >= 0.3 is 0 Å². The maximum Gasteiger partial charge on any atom is 0.0145 e. The lowest BCUT2D eigenvalue weighted by atomic mass is 9.86. The Balaban J connectivity index is 1.90. The van der Waals surface area contributed by atoms with Gasteiger partial charge in [0.1, 0.15) is 0 Å². The zero-order chi connectivity index (χ0) is 9.42. The van der Waals surface area contributed by atoms with Crippen molar-refractivity contribution in [1.82, 2.24) is 10.2 Å². The predicted molar refractivity (Wildman–Crippen MR) is 55.8 cm³/mol. The number of hydrogen-bond donors (Lipinski definition) is 1. The number of likely N-dealkylation sites (tertiary alicyclic amines) is 1. The van der Waals surface area contributed by atoms with Gasteiger partial charge < -0.3 is 10.2 Å². The van der Waals surface area contributed by atoms with Crippen LogP contribution in [0.4, 0.5) is 0 Å². The minimum Gasteiger partial charge on any atom is -0.311 e. The Morgan fingerprint density at radius 2 is 1.62 bits per heavy atom. The van der Waals surface area contributed by atoms with Gasteiger partial charge in [-0.25, -0.2) is 0 Å². The van der Waals surface area contributed by atoms with E-state index in [-0.39, 0.29) is 0 Å². The van der Waals surface area contributed by atoms with Gasteiger partial charge in [0.15, 0.2) is 0 Å². The SMILES string of the molecule is CC1CN(C)CC(C)C1NC1CC1. The van der Waals surface area contributed by atoms with Crippen LogP contribution >= 0.6 is 0 Å². The van der Waals surface area contributed by atoms with Crippen LogP contribution in [0.3, 0.4) is 0 Å². The first kappa shape index (κ1) is 9.47. The number of piperidine rings is 1. The summed E-state index contributed by atoms with van der Waals surface area (Å²) in [7, 11) is 2.24. The van der Waals surface area contributed by atoms with E-state index in [1.54, 1.807) is 0 Å². The molecule has 2 fully saturated rings. The first-order valence-corrected chi connectivity index (χ1v) is 5.61. The standard InChI is InChI=1S/C11H22N2/c1-8-6-13(3)7-9(2)11(8)12-10-4-5-10/h8-12H,4-7H2,1-3H3. The highest BCUT2D eigenvalue weighted by molar-refractivity contribution is 4.92. The van der Waals surface area contributed by atoms with Gasteiger partial charge in [-0.2, -0.15) is 0 Å². The Bertz CT molecular complexity index is 165. The minimum atomic E-state index is 0.767. The van der Waals surface area contributed by atoms with Gasteiger partial charge in [0.2, 0.25) is 0 Å². The summed E-state index contributed by atoms with van der Waals surface area (Å²) >= 11 is 0. The topological polar surface area (TPSA) is 15.3 Å². The van der Waals surface area contributed by atoms with Crippen molar-refractivity contribution in [3.05, 3.63) is 0 Å². The third kappa shape index (κ3) is 2.23. The highest BCUT2D eigenvalue weighted by Gasteiger charge is 2.34. The first-order chi connectivity index (χ1) is 6.16. The molecule has 2 heteroatoms. The summed E-state index contributed by atoms with van der Waals surface area (Å²) < 4.78 is 0. The van der Waals surface area contributed by atoms with Gasteiger partial charge in [-0.15, -0.1) is 0 Å². The Labute approximate surface area is 81.7 Å². The van der Waals surface area contributed by atoms with Crippen LogP contribution < -0.4 is 5.32 Å². The maximum absolute atomic E-state index is 3.79. The smallest absolute Gasteiger partial charge is 0.0145 e. The zero-order valence-corrected chi connectivity index (χ0v) is 9.09. The fourth-order valence-electron chi connectivity index (χ4n) is 2.70. The number of nitrogens with zero attached hydrogens (tertiary/aromatic N) is 1. The van der Waals surface area contributed by atoms with Gasteiger partial charge in [-0.1, -0.05) is 13.8 Å². The van der Waals surface area contributed by atoms with E-state index in [2.05, 4.69) is 31.1 Å². The fourth-order valence-corrected chi connectivity index (χ4v) is 2.70. The van der Waals surface area contributed by atoms with E-state index in [0.29, 0.717) is 0 Å². The van der Waals surface area contributed by atoms with E-state index in [0.717, 1.165) is 23.9 Å². The highest BCUT2D eigenvalue weighted by Crippen LogP contribution is 2.26. The summed E-state index contributed by atoms with van der Waals surface area (Å²) in [5.41, 5.74) is 0. The molecule has 2 nitrogen and oxygen atoms in total. The summed E-state index contributed by atoms with van der Waals surface area (Å²) in [6.45, 7) is 7.28. The van der Waals surface area contributed by atoms with Gasteiger partial charge in [0.05, 0.1) is 0 Å². The molecule has 0 bridgehead atoms.